The number of nitrogens with zero attached hydrogens (tertiary/aromatic N) is 2. The van der Waals surface area contributed by atoms with Crippen LogP contribution < -0.4 is 5.32 Å². The molecular weight excluding hydrogens is 310 g/mol. The number of hydrogen-bond donors (Lipinski definition) is 1. The lowest BCUT2D eigenvalue weighted by Gasteiger charge is -2.10. The average Bonchev–Trinajstić information content (AvgIpc) is 2.84. The fourth-order valence-electron chi connectivity index (χ4n) is 1.70. The number of hydrogen-bond acceptors (Lipinski definition) is 3. The van der Waals surface area contributed by atoms with E-state index in [9.17, 15) is 0 Å². The summed E-state index contributed by atoms with van der Waals surface area (Å²) in [5, 5.41) is 5.51. The van der Waals surface area contributed by atoms with Gasteiger partial charge in [0.15, 0.2) is 0 Å². The molecule has 2 rings (SSSR count). The Morgan fingerprint density at radius 2 is 2.28 bits per heavy atom. The maximum Gasteiger partial charge on any atom is 0.203 e. The minimum absolute atomic E-state index is 0.615. The lowest BCUT2D eigenvalue weighted by Crippen LogP contribution is -2.12. The summed E-state index contributed by atoms with van der Waals surface area (Å²) in [5.41, 5.74) is 1.05. The van der Waals surface area contributed by atoms with Gasteiger partial charge in [-0.3, -0.25) is 0 Å². The van der Waals surface area contributed by atoms with Gasteiger partial charge in [0.2, 0.25) is 5.95 Å². The fraction of sp³-hybridized carbons (Fsp3) is 0.462. The average molecular weight is 328 g/mol. The first-order valence-corrected chi connectivity index (χ1v) is 7.73. The Hall–Kier alpha value is -0.810. The van der Waals surface area contributed by atoms with E-state index in [0.717, 1.165) is 24.7 Å². The molecule has 98 valence electrons. The lowest BCUT2D eigenvalue weighted by atomic mass is 10.2. The van der Waals surface area contributed by atoms with Crippen LogP contribution in [0.15, 0.2) is 22.1 Å². The second-order valence-electron chi connectivity index (χ2n) is 4.80. The molecule has 0 aromatic carbocycles. The summed E-state index contributed by atoms with van der Waals surface area (Å²) >= 11 is 5.34. The van der Waals surface area contributed by atoms with Crippen molar-refractivity contribution in [3.63, 3.8) is 0 Å². The molecular formula is C13H18BrN3S. The summed E-state index contributed by atoms with van der Waals surface area (Å²) in [6, 6.07) is 2.09. The molecule has 0 aliphatic rings. The summed E-state index contributed by atoms with van der Waals surface area (Å²) < 4.78 is 3.35. The molecule has 0 saturated carbocycles. The number of anilines is 1. The molecule has 2 aromatic heterocycles. The quantitative estimate of drug-likeness (QED) is 0.894. The zero-order chi connectivity index (χ0) is 13.1. The number of aromatic nitrogens is 2. The lowest BCUT2D eigenvalue weighted by molar-refractivity contribution is 0.677. The molecule has 0 atom stereocenters. The van der Waals surface area contributed by atoms with E-state index in [1.807, 2.05) is 6.92 Å². The third-order valence-corrected chi connectivity index (χ3v) is 4.48. The number of thiophene rings is 1. The molecule has 3 nitrogen and oxygen atoms in total. The van der Waals surface area contributed by atoms with Gasteiger partial charge in [-0.05, 0) is 40.2 Å². The molecule has 0 bridgehead atoms. The van der Waals surface area contributed by atoms with Crippen LogP contribution in [-0.4, -0.2) is 16.1 Å². The second kappa shape index (κ2) is 5.89. The first kappa shape index (κ1) is 13.6. The summed E-state index contributed by atoms with van der Waals surface area (Å²) in [5.74, 6) is 1.57. The van der Waals surface area contributed by atoms with Gasteiger partial charge >= 0.3 is 0 Å². The van der Waals surface area contributed by atoms with Crippen molar-refractivity contribution in [1.82, 2.24) is 9.55 Å². The van der Waals surface area contributed by atoms with E-state index in [-0.39, 0.29) is 0 Å². The van der Waals surface area contributed by atoms with Crippen molar-refractivity contribution in [1.29, 1.82) is 0 Å². The van der Waals surface area contributed by atoms with Crippen molar-refractivity contribution in [2.24, 2.45) is 5.92 Å². The second-order valence-corrected chi connectivity index (χ2v) is 6.66. The molecule has 18 heavy (non-hydrogen) atoms. The molecule has 0 aliphatic carbocycles. The Morgan fingerprint density at radius 3 is 2.89 bits per heavy atom. The molecule has 0 radical (unpaired) electrons. The van der Waals surface area contributed by atoms with Gasteiger partial charge in [-0.25, -0.2) is 4.98 Å². The topological polar surface area (TPSA) is 29.9 Å². The van der Waals surface area contributed by atoms with Gasteiger partial charge in [0.1, 0.15) is 0 Å². The highest BCUT2D eigenvalue weighted by Gasteiger charge is 2.09. The van der Waals surface area contributed by atoms with Crippen LogP contribution in [0.25, 0.3) is 0 Å². The molecule has 0 fully saturated rings. The van der Waals surface area contributed by atoms with Crippen molar-refractivity contribution in [3.05, 3.63) is 32.7 Å². The van der Waals surface area contributed by atoms with E-state index < -0.39 is 0 Å². The number of nitrogens with one attached hydrogen (secondary N) is 1. The highest BCUT2D eigenvalue weighted by atomic mass is 79.9. The van der Waals surface area contributed by atoms with E-state index >= 15 is 0 Å². The number of rotatable bonds is 5. The number of halogens is 1. The molecule has 0 aliphatic heterocycles. The zero-order valence-corrected chi connectivity index (χ0v) is 13.3. The predicted molar refractivity (Wildman–Crippen MR) is 81.4 cm³/mol. The number of aryl methyl sites for hydroxylation is 1. The third kappa shape index (κ3) is 3.36. The van der Waals surface area contributed by atoms with E-state index in [4.69, 9.17) is 0 Å². The van der Waals surface area contributed by atoms with Gasteiger partial charge in [-0.15, -0.1) is 11.3 Å². The molecule has 0 spiro atoms. The van der Waals surface area contributed by atoms with Crippen molar-refractivity contribution in [2.45, 2.75) is 27.3 Å². The minimum atomic E-state index is 0.615. The highest BCUT2D eigenvalue weighted by Crippen LogP contribution is 2.25. The monoisotopic (exact) mass is 327 g/mol. The predicted octanol–water partition coefficient (Wildman–Crippen LogP) is 4.13. The van der Waals surface area contributed by atoms with E-state index in [2.05, 4.69) is 62.3 Å². The van der Waals surface area contributed by atoms with Crippen LogP contribution in [0.5, 0.6) is 0 Å². The first-order chi connectivity index (χ1) is 8.56. The van der Waals surface area contributed by atoms with Crippen LogP contribution >= 0.6 is 27.3 Å². The first-order valence-electron chi connectivity index (χ1n) is 6.05. The SMILES string of the molecule is Cc1cn(Cc2sccc2Br)c(NCC(C)C)n1. The van der Waals surface area contributed by atoms with E-state index in [0.29, 0.717) is 5.92 Å². The van der Waals surface area contributed by atoms with Crippen molar-refractivity contribution >= 4 is 33.2 Å². The van der Waals surface area contributed by atoms with Gasteiger partial charge in [-0.1, -0.05) is 13.8 Å². The molecule has 5 heteroatoms. The smallest absolute Gasteiger partial charge is 0.203 e. The van der Waals surface area contributed by atoms with Gasteiger partial charge in [-0.2, -0.15) is 0 Å². The molecule has 0 amide bonds. The van der Waals surface area contributed by atoms with Crippen molar-refractivity contribution < 1.29 is 0 Å². The Balaban J connectivity index is 2.14. The summed E-state index contributed by atoms with van der Waals surface area (Å²) in [6.45, 7) is 8.23. The van der Waals surface area contributed by atoms with E-state index in [1.54, 1.807) is 11.3 Å². The van der Waals surface area contributed by atoms with Crippen LogP contribution in [0.2, 0.25) is 0 Å². The zero-order valence-electron chi connectivity index (χ0n) is 10.9. The molecule has 2 heterocycles. The molecule has 2 aromatic rings. The highest BCUT2D eigenvalue weighted by molar-refractivity contribution is 9.10. The van der Waals surface area contributed by atoms with Crippen molar-refractivity contribution in [2.75, 3.05) is 11.9 Å². The third-order valence-electron chi connectivity index (χ3n) is 2.57. The molecule has 0 saturated heterocycles. The van der Waals surface area contributed by atoms with Crippen LogP contribution in [0, 0.1) is 12.8 Å². The molecule has 1 N–H and O–H groups in total. The van der Waals surface area contributed by atoms with Crippen LogP contribution in [0.4, 0.5) is 5.95 Å². The summed E-state index contributed by atoms with van der Waals surface area (Å²) in [7, 11) is 0. The largest absolute Gasteiger partial charge is 0.355 e. The standard InChI is InChI=1S/C13H18BrN3S/c1-9(2)6-15-13-16-10(3)7-17(13)8-12-11(14)4-5-18-12/h4-5,7,9H,6,8H2,1-3H3,(H,15,16). The van der Waals surface area contributed by atoms with Gasteiger partial charge < -0.3 is 9.88 Å². The van der Waals surface area contributed by atoms with Gasteiger partial charge in [0.05, 0.1) is 12.2 Å². The summed E-state index contributed by atoms with van der Waals surface area (Å²) in [6.07, 6.45) is 2.09. The van der Waals surface area contributed by atoms with E-state index in [1.165, 1.54) is 9.35 Å². The maximum absolute atomic E-state index is 4.53. The summed E-state index contributed by atoms with van der Waals surface area (Å²) in [4.78, 5) is 5.85. The Morgan fingerprint density at radius 1 is 1.50 bits per heavy atom. The van der Waals surface area contributed by atoms with Crippen molar-refractivity contribution in [3.8, 4) is 0 Å². The van der Waals surface area contributed by atoms with Crippen LogP contribution in [0.3, 0.4) is 0 Å². The Bertz CT molecular complexity index is 516. The van der Waals surface area contributed by atoms with Gasteiger partial charge in [0.25, 0.3) is 0 Å². The van der Waals surface area contributed by atoms with Gasteiger partial charge in [0, 0.05) is 22.1 Å². The maximum atomic E-state index is 4.53. The number of imidazole rings is 1. The normalized spacial score (nSPS) is 11.2. The minimum Gasteiger partial charge on any atom is -0.355 e. The Kier molecular flexibility index (Phi) is 4.45. The van der Waals surface area contributed by atoms with Crippen LogP contribution in [-0.2, 0) is 6.54 Å². The fourth-order valence-corrected chi connectivity index (χ4v) is 3.17. The van der Waals surface area contributed by atoms with Crippen LogP contribution in [0.1, 0.15) is 24.4 Å². The molecule has 0 unspecified atom stereocenters. The Labute approximate surface area is 120 Å².